The molecule has 0 spiro atoms. The molecule has 1 aromatic heterocycles. The van der Waals surface area contributed by atoms with Gasteiger partial charge in [0.15, 0.2) is 0 Å². The second-order valence-corrected chi connectivity index (χ2v) is 5.77. The number of likely N-dealkylation sites (N-methyl/N-ethyl adjacent to an activating group) is 1. The highest BCUT2D eigenvalue weighted by atomic mass is 16.6. The number of hydrogen-bond acceptors (Lipinski definition) is 6. The quantitative estimate of drug-likeness (QED) is 0.667. The molecule has 8 nitrogen and oxygen atoms in total. The Balaban J connectivity index is 0.000000180. The van der Waals surface area contributed by atoms with Crippen molar-refractivity contribution in [2.75, 3.05) is 13.6 Å². The van der Waals surface area contributed by atoms with Gasteiger partial charge in [0.2, 0.25) is 0 Å². The minimum Gasteiger partial charge on any atom is -0.455 e. The van der Waals surface area contributed by atoms with Crippen molar-refractivity contribution in [3.8, 4) is 0 Å². The summed E-state index contributed by atoms with van der Waals surface area (Å²) in [4.78, 5) is 33.0. The number of hydrogen-bond donors (Lipinski definition) is 0. The monoisotopic (exact) mass is 340 g/mol. The zero-order valence-corrected chi connectivity index (χ0v) is 14.9. The molecule has 24 heavy (non-hydrogen) atoms. The second kappa shape index (κ2) is 8.37. The lowest BCUT2D eigenvalue weighted by molar-refractivity contribution is -0.138. The Bertz CT molecular complexity index is 672. The molecule has 0 bridgehead atoms. The first-order valence-corrected chi connectivity index (χ1v) is 7.54. The van der Waals surface area contributed by atoms with Crippen molar-refractivity contribution in [2.45, 2.75) is 39.9 Å². The predicted molar refractivity (Wildman–Crippen MR) is 86.6 cm³/mol. The standard InChI is InChI=1S/C6H8O2.C5H9NO2.C5H7NO2/c1-4-3-5(2)8-6(4)7;1-4-3-6(2)5(7)8-4;1-4-3-6(2)8-5(4)7/h3,5H,1-2H3;4H,3H2,1-2H3;3H,1-2H3/t5-;4-;/m00./s1. The van der Waals surface area contributed by atoms with Crippen molar-refractivity contribution in [1.29, 1.82) is 0 Å². The minimum atomic E-state index is -0.257. The van der Waals surface area contributed by atoms with Crippen LogP contribution < -0.4 is 5.63 Å². The summed E-state index contributed by atoms with van der Waals surface area (Å²) in [5.74, 6) is -0.183. The Labute approximate surface area is 140 Å². The van der Waals surface area contributed by atoms with E-state index in [9.17, 15) is 14.4 Å². The first-order chi connectivity index (χ1) is 11.1. The SMILES string of the molecule is CC1=C[C@H](C)OC1=O.C[C@H]1CN(C)C(=O)O1.Cc1cn(C)oc1=O. The normalized spacial score (nSPS) is 21.9. The number of carbonyl (C=O) groups is 2. The van der Waals surface area contributed by atoms with E-state index >= 15 is 0 Å². The van der Waals surface area contributed by atoms with E-state index in [1.807, 2.05) is 19.9 Å². The number of aromatic nitrogens is 1. The molecular weight excluding hydrogens is 316 g/mol. The van der Waals surface area contributed by atoms with Gasteiger partial charge in [0, 0.05) is 25.9 Å². The summed E-state index contributed by atoms with van der Waals surface area (Å²) in [6, 6.07) is 0. The summed E-state index contributed by atoms with van der Waals surface area (Å²) < 4.78 is 15.5. The summed E-state index contributed by atoms with van der Waals surface area (Å²) in [5, 5.41) is 0. The third-order valence-electron chi connectivity index (χ3n) is 3.17. The van der Waals surface area contributed by atoms with Gasteiger partial charge in [0.1, 0.15) is 12.2 Å². The summed E-state index contributed by atoms with van der Waals surface area (Å²) >= 11 is 0. The van der Waals surface area contributed by atoms with Gasteiger partial charge in [-0.25, -0.2) is 19.1 Å². The first-order valence-electron chi connectivity index (χ1n) is 7.54. The van der Waals surface area contributed by atoms with Crippen LogP contribution in [0.25, 0.3) is 0 Å². The highest BCUT2D eigenvalue weighted by Crippen LogP contribution is 2.10. The third kappa shape index (κ3) is 5.94. The van der Waals surface area contributed by atoms with Crippen molar-refractivity contribution in [3.63, 3.8) is 0 Å². The van der Waals surface area contributed by atoms with Crippen LogP contribution >= 0.6 is 0 Å². The van der Waals surface area contributed by atoms with Crippen molar-refractivity contribution in [1.82, 2.24) is 9.64 Å². The summed E-state index contributed by atoms with van der Waals surface area (Å²) in [6.45, 7) is 7.91. The van der Waals surface area contributed by atoms with Crippen LogP contribution in [0.2, 0.25) is 0 Å². The number of cyclic esters (lactones) is 2. The summed E-state index contributed by atoms with van der Waals surface area (Å²) in [5.41, 5.74) is 1.11. The van der Waals surface area contributed by atoms with E-state index in [1.54, 1.807) is 39.0 Å². The van der Waals surface area contributed by atoms with E-state index in [1.165, 1.54) is 4.74 Å². The van der Waals surface area contributed by atoms with Crippen molar-refractivity contribution >= 4 is 12.1 Å². The third-order valence-corrected chi connectivity index (χ3v) is 3.17. The van der Waals surface area contributed by atoms with E-state index in [0.29, 0.717) is 5.56 Å². The van der Waals surface area contributed by atoms with Gasteiger partial charge in [-0.2, -0.15) is 0 Å². The maximum absolute atomic E-state index is 10.5. The average Bonchev–Trinajstić information content (AvgIpc) is 3.01. The van der Waals surface area contributed by atoms with Gasteiger partial charge in [0.25, 0.3) is 0 Å². The molecule has 134 valence electrons. The molecule has 3 rings (SSSR count). The summed E-state index contributed by atoms with van der Waals surface area (Å²) in [7, 11) is 3.40. The summed E-state index contributed by atoms with van der Waals surface area (Å²) in [6.07, 6.45) is 3.30. The van der Waals surface area contributed by atoms with Crippen LogP contribution in [0.3, 0.4) is 0 Å². The molecule has 8 heteroatoms. The molecule has 0 aliphatic carbocycles. The Morgan fingerprint density at radius 2 is 1.71 bits per heavy atom. The van der Waals surface area contributed by atoms with Crippen LogP contribution in [0.1, 0.15) is 26.3 Å². The fraction of sp³-hybridized carbons (Fsp3) is 0.562. The number of nitrogens with zero attached hydrogens (tertiary/aromatic N) is 2. The Hall–Kier alpha value is -2.51. The van der Waals surface area contributed by atoms with Crippen molar-refractivity contribution < 1.29 is 23.6 Å². The number of aryl methyl sites for hydroxylation is 2. The molecule has 1 fully saturated rings. The first kappa shape index (κ1) is 19.5. The van der Waals surface area contributed by atoms with E-state index in [4.69, 9.17) is 9.47 Å². The molecule has 2 aliphatic heterocycles. The maximum atomic E-state index is 10.5. The molecule has 0 saturated carbocycles. The molecule has 2 atom stereocenters. The highest BCUT2D eigenvalue weighted by molar-refractivity contribution is 5.90. The highest BCUT2D eigenvalue weighted by Gasteiger charge is 2.23. The van der Waals surface area contributed by atoms with E-state index in [-0.39, 0.29) is 29.9 Å². The fourth-order valence-electron chi connectivity index (χ4n) is 2.03. The molecule has 1 amide bonds. The predicted octanol–water partition coefficient (Wildman–Crippen LogP) is 1.62. The van der Waals surface area contributed by atoms with Gasteiger partial charge < -0.3 is 18.9 Å². The van der Waals surface area contributed by atoms with Gasteiger partial charge >= 0.3 is 17.7 Å². The molecule has 2 aliphatic rings. The Kier molecular flexibility index (Phi) is 6.82. The van der Waals surface area contributed by atoms with Gasteiger partial charge in [-0.05, 0) is 33.8 Å². The van der Waals surface area contributed by atoms with Crippen LogP contribution in [0, 0.1) is 6.92 Å². The van der Waals surface area contributed by atoms with Crippen molar-refractivity contribution in [2.24, 2.45) is 7.05 Å². The van der Waals surface area contributed by atoms with E-state index in [2.05, 4.69) is 4.52 Å². The van der Waals surface area contributed by atoms with Gasteiger partial charge in [0.05, 0.1) is 12.1 Å². The largest absolute Gasteiger partial charge is 0.455 e. The van der Waals surface area contributed by atoms with E-state index < -0.39 is 0 Å². The fourth-order valence-corrected chi connectivity index (χ4v) is 2.03. The topological polar surface area (TPSA) is 91.0 Å². The van der Waals surface area contributed by atoms with Crippen LogP contribution in [-0.2, 0) is 21.3 Å². The molecule has 3 heterocycles. The number of esters is 1. The number of amides is 1. The molecular formula is C16H24N2O6. The molecule has 0 radical (unpaired) electrons. The average molecular weight is 340 g/mol. The van der Waals surface area contributed by atoms with Gasteiger partial charge in [-0.15, -0.1) is 0 Å². The smallest absolute Gasteiger partial charge is 0.409 e. The minimum absolute atomic E-state index is 0.0116. The zero-order chi connectivity index (χ0) is 18.4. The molecule has 0 unspecified atom stereocenters. The van der Waals surface area contributed by atoms with Crippen LogP contribution in [-0.4, -0.2) is 47.5 Å². The number of carbonyl (C=O) groups excluding carboxylic acids is 2. The molecule has 1 saturated heterocycles. The zero-order valence-electron chi connectivity index (χ0n) is 14.9. The maximum Gasteiger partial charge on any atom is 0.409 e. The second-order valence-electron chi connectivity index (χ2n) is 5.77. The number of ether oxygens (including phenoxy) is 2. The van der Waals surface area contributed by atoms with Crippen LogP contribution in [0.5, 0.6) is 0 Å². The Morgan fingerprint density at radius 1 is 1.08 bits per heavy atom. The molecule has 0 N–H and O–H groups in total. The molecule has 1 aromatic rings. The molecule has 0 aromatic carbocycles. The number of rotatable bonds is 0. The van der Waals surface area contributed by atoms with Crippen LogP contribution in [0.4, 0.5) is 4.79 Å². The lowest BCUT2D eigenvalue weighted by atomic mass is 10.3. The van der Waals surface area contributed by atoms with Gasteiger partial charge in [-0.3, -0.25) is 0 Å². The van der Waals surface area contributed by atoms with Crippen molar-refractivity contribution in [3.05, 3.63) is 33.8 Å². The van der Waals surface area contributed by atoms with Crippen LogP contribution in [0.15, 0.2) is 27.2 Å². The van der Waals surface area contributed by atoms with E-state index in [0.717, 1.165) is 12.1 Å². The lowest BCUT2D eigenvalue weighted by Crippen LogP contribution is -2.18. The Morgan fingerprint density at radius 3 is 1.83 bits per heavy atom. The van der Waals surface area contributed by atoms with Gasteiger partial charge in [-0.1, -0.05) is 0 Å². The lowest BCUT2D eigenvalue weighted by Gasteiger charge is -1.99.